The minimum absolute atomic E-state index is 0.115. The summed E-state index contributed by atoms with van der Waals surface area (Å²) in [5.74, 6) is -0.198. The van der Waals surface area contributed by atoms with Crippen LogP contribution in [0.2, 0.25) is 0 Å². The first-order valence-corrected chi connectivity index (χ1v) is 6.09. The summed E-state index contributed by atoms with van der Waals surface area (Å²) in [6.45, 7) is -0.945. The molecular formula is C15H14F3NO. The first-order chi connectivity index (χ1) is 9.58. The van der Waals surface area contributed by atoms with E-state index >= 15 is 0 Å². The molecular weight excluding hydrogens is 267 g/mol. The van der Waals surface area contributed by atoms with Crippen molar-refractivity contribution in [2.24, 2.45) is 0 Å². The van der Waals surface area contributed by atoms with Gasteiger partial charge >= 0.3 is 6.61 Å². The number of anilines is 1. The van der Waals surface area contributed by atoms with Gasteiger partial charge < -0.3 is 10.1 Å². The molecule has 0 unspecified atom stereocenters. The Labute approximate surface area is 115 Å². The molecule has 20 heavy (non-hydrogen) atoms. The fourth-order valence-corrected chi connectivity index (χ4v) is 1.85. The molecule has 0 aliphatic heterocycles. The molecule has 2 aromatic rings. The standard InChI is InChI=1S/C15H14F3NO/c1-10-12(16)6-4-7-13(10)19-9-11-5-2-3-8-14(11)20-15(17)18/h2-8,15,19H,9H2,1H3. The predicted octanol–water partition coefficient (Wildman–Crippen LogP) is 4.35. The van der Waals surface area contributed by atoms with E-state index in [0.717, 1.165) is 0 Å². The summed E-state index contributed by atoms with van der Waals surface area (Å²) >= 11 is 0. The van der Waals surface area contributed by atoms with E-state index in [0.29, 0.717) is 16.8 Å². The third-order valence-corrected chi connectivity index (χ3v) is 2.93. The van der Waals surface area contributed by atoms with Crippen LogP contribution >= 0.6 is 0 Å². The first-order valence-electron chi connectivity index (χ1n) is 6.09. The molecule has 0 aliphatic carbocycles. The maximum atomic E-state index is 13.4. The molecule has 1 N–H and O–H groups in total. The highest BCUT2D eigenvalue weighted by atomic mass is 19.3. The monoisotopic (exact) mass is 281 g/mol. The van der Waals surface area contributed by atoms with Crippen molar-refractivity contribution < 1.29 is 17.9 Å². The quantitative estimate of drug-likeness (QED) is 0.879. The average Bonchev–Trinajstić information content (AvgIpc) is 2.41. The highest BCUT2D eigenvalue weighted by Crippen LogP contribution is 2.23. The SMILES string of the molecule is Cc1c(F)cccc1NCc1ccccc1OC(F)F. The van der Waals surface area contributed by atoms with E-state index in [1.807, 2.05) is 0 Å². The average molecular weight is 281 g/mol. The summed E-state index contributed by atoms with van der Waals surface area (Å²) in [4.78, 5) is 0. The summed E-state index contributed by atoms with van der Waals surface area (Å²) in [5, 5.41) is 3.02. The largest absolute Gasteiger partial charge is 0.434 e. The van der Waals surface area contributed by atoms with Crippen LogP contribution in [0.15, 0.2) is 42.5 Å². The summed E-state index contributed by atoms with van der Waals surface area (Å²) < 4.78 is 42.4. The van der Waals surface area contributed by atoms with Gasteiger partial charge in [-0.15, -0.1) is 0 Å². The molecule has 2 nitrogen and oxygen atoms in total. The minimum atomic E-state index is -2.87. The Hall–Kier alpha value is -2.17. The lowest BCUT2D eigenvalue weighted by atomic mass is 10.1. The van der Waals surface area contributed by atoms with Gasteiger partial charge in [-0.25, -0.2) is 4.39 Å². The van der Waals surface area contributed by atoms with Crippen LogP contribution in [0.25, 0.3) is 0 Å². The van der Waals surface area contributed by atoms with Gasteiger partial charge in [0.25, 0.3) is 0 Å². The van der Waals surface area contributed by atoms with E-state index in [-0.39, 0.29) is 18.1 Å². The Bertz CT molecular complexity index is 587. The smallest absolute Gasteiger partial charge is 0.387 e. The lowest BCUT2D eigenvalue weighted by Gasteiger charge is -2.13. The third kappa shape index (κ3) is 3.44. The van der Waals surface area contributed by atoms with Crippen molar-refractivity contribution in [3.8, 4) is 5.75 Å². The van der Waals surface area contributed by atoms with Crippen LogP contribution < -0.4 is 10.1 Å². The highest BCUT2D eigenvalue weighted by Gasteiger charge is 2.09. The van der Waals surface area contributed by atoms with Crippen molar-refractivity contribution in [1.29, 1.82) is 0 Å². The second kappa shape index (κ2) is 6.32. The second-order valence-electron chi connectivity index (χ2n) is 4.25. The summed E-state index contributed by atoms with van der Waals surface area (Å²) in [7, 11) is 0. The van der Waals surface area contributed by atoms with Crippen molar-refractivity contribution in [3.05, 3.63) is 59.4 Å². The van der Waals surface area contributed by atoms with Crippen molar-refractivity contribution in [2.45, 2.75) is 20.1 Å². The van der Waals surface area contributed by atoms with Crippen LogP contribution in [0.3, 0.4) is 0 Å². The second-order valence-corrected chi connectivity index (χ2v) is 4.25. The van der Waals surface area contributed by atoms with E-state index in [4.69, 9.17) is 0 Å². The summed E-state index contributed by atoms with van der Waals surface area (Å²) in [6.07, 6.45) is 0. The fourth-order valence-electron chi connectivity index (χ4n) is 1.85. The molecule has 2 rings (SSSR count). The molecule has 0 radical (unpaired) electrons. The number of alkyl halides is 2. The molecule has 106 valence electrons. The molecule has 0 saturated heterocycles. The zero-order valence-corrected chi connectivity index (χ0v) is 10.9. The Morgan fingerprint density at radius 1 is 1.10 bits per heavy atom. The van der Waals surface area contributed by atoms with Gasteiger partial charge in [0, 0.05) is 23.4 Å². The Kier molecular flexibility index (Phi) is 4.50. The third-order valence-electron chi connectivity index (χ3n) is 2.93. The van der Waals surface area contributed by atoms with Gasteiger partial charge in [-0.05, 0) is 25.1 Å². The van der Waals surface area contributed by atoms with E-state index in [1.165, 1.54) is 12.1 Å². The van der Waals surface area contributed by atoms with Gasteiger partial charge in [0.05, 0.1) is 0 Å². The summed E-state index contributed by atoms with van der Waals surface area (Å²) in [5.41, 5.74) is 1.69. The highest BCUT2D eigenvalue weighted by molar-refractivity contribution is 5.52. The van der Waals surface area contributed by atoms with Crippen LogP contribution in [0, 0.1) is 12.7 Å². The number of hydrogen-bond acceptors (Lipinski definition) is 2. The molecule has 0 aromatic heterocycles. The van der Waals surface area contributed by atoms with Crippen molar-refractivity contribution in [3.63, 3.8) is 0 Å². The topological polar surface area (TPSA) is 21.3 Å². The van der Waals surface area contributed by atoms with Crippen LogP contribution in [0.1, 0.15) is 11.1 Å². The predicted molar refractivity (Wildman–Crippen MR) is 71.5 cm³/mol. The number of halogens is 3. The Morgan fingerprint density at radius 3 is 2.60 bits per heavy atom. The molecule has 0 atom stereocenters. The molecule has 0 spiro atoms. The maximum Gasteiger partial charge on any atom is 0.387 e. The molecule has 0 aliphatic rings. The number of nitrogens with one attached hydrogen (secondary N) is 1. The molecule has 0 amide bonds. The lowest BCUT2D eigenvalue weighted by molar-refractivity contribution is -0.0504. The van der Waals surface area contributed by atoms with E-state index < -0.39 is 6.61 Å². The number of ether oxygens (including phenoxy) is 1. The Morgan fingerprint density at radius 2 is 1.85 bits per heavy atom. The zero-order chi connectivity index (χ0) is 14.5. The van der Waals surface area contributed by atoms with E-state index in [2.05, 4.69) is 10.1 Å². The zero-order valence-electron chi connectivity index (χ0n) is 10.9. The normalized spacial score (nSPS) is 10.7. The Balaban J connectivity index is 2.13. The van der Waals surface area contributed by atoms with Gasteiger partial charge in [0.1, 0.15) is 11.6 Å². The van der Waals surface area contributed by atoms with Crippen molar-refractivity contribution in [2.75, 3.05) is 5.32 Å². The lowest BCUT2D eigenvalue weighted by Crippen LogP contribution is -2.07. The van der Waals surface area contributed by atoms with Crippen molar-refractivity contribution >= 4 is 5.69 Å². The van der Waals surface area contributed by atoms with Crippen molar-refractivity contribution in [1.82, 2.24) is 0 Å². The minimum Gasteiger partial charge on any atom is -0.434 e. The maximum absolute atomic E-state index is 13.4. The number of rotatable bonds is 5. The number of benzene rings is 2. The molecule has 0 saturated carbocycles. The molecule has 0 fully saturated rings. The molecule has 5 heteroatoms. The molecule has 0 bridgehead atoms. The number of para-hydroxylation sites is 1. The molecule has 0 heterocycles. The fraction of sp³-hybridized carbons (Fsp3) is 0.200. The first kappa shape index (κ1) is 14.2. The van der Waals surface area contributed by atoms with E-state index in [1.54, 1.807) is 37.3 Å². The van der Waals surface area contributed by atoms with E-state index in [9.17, 15) is 13.2 Å². The molecule has 2 aromatic carbocycles. The van der Waals surface area contributed by atoms with Crippen LogP contribution in [-0.4, -0.2) is 6.61 Å². The van der Waals surface area contributed by atoms with Crippen LogP contribution in [-0.2, 0) is 6.54 Å². The van der Waals surface area contributed by atoms with Gasteiger partial charge in [-0.1, -0.05) is 24.3 Å². The van der Waals surface area contributed by atoms with Gasteiger partial charge in [0.2, 0.25) is 0 Å². The van der Waals surface area contributed by atoms with Gasteiger partial charge in [0.15, 0.2) is 0 Å². The van der Waals surface area contributed by atoms with Crippen LogP contribution in [0.5, 0.6) is 5.75 Å². The number of hydrogen-bond donors (Lipinski definition) is 1. The van der Waals surface area contributed by atoms with Crippen LogP contribution in [0.4, 0.5) is 18.9 Å². The summed E-state index contributed by atoms with van der Waals surface area (Å²) in [6, 6.07) is 11.2. The van der Waals surface area contributed by atoms with Gasteiger partial charge in [-0.2, -0.15) is 8.78 Å². The van der Waals surface area contributed by atoms with Gasteiger partial charge in [-0.3, -0.25) is 0 Å².